The quantitative estimate of drug-likeness (QED) is 0.350. The van der Waals surface area contributed by atoms with Gasteiger partial charge in [0.25, 0.3) is 0 Å². The van der Waals surface area contributed by atoms with Gasteiger partial charge in [0.05, 0.1) is 13.2 Å². The SMILES string of the molecule is CCOc1cccc(-c2ccc(OCCCCCCCCl)cc2)c1. The number of halogens is 1. The van der Waals surface area contributed by atoms with Gasteiger partial charge in [0.2, 0.25) is 0 Å². The molecule has 0 aliphatic carbocycles. The van der Waals surface area contributed by atoms with Gasteiger partial charge in [-0.25, -0.2) is 0 Å². The van der Waals surface area contributed by atoms with Gasteiger partial charge in [0.1, 0.15) is 11.5 Å². The highest BCUT2D eigenvalue weighted by Gasteiger charge is 2.01. The number of hydrogen-bond donors (Lipinski definition) is 0. The highest BCUT2D eigenvalue weighted by molar-refractivity contribution is 6.17. The summed E-state index contributed by atoms with van der Waals surface area (Å²) in [5.41, 5.74) is 2.33. The van der Waals surface area contributed by atoms with Crippen LogP contribution in [0.5, 0.6) is 11.5 Å². The minimum absolute atomic E-state index is 0.683. The molecular formula is C21H27ClO2. The van der Waals surface area contributed by atoms with E-state index in [2.05, 4.69) is 24.3 Å². The first-order chi connectivity index (χ1) is 11.8. The van der Waals surface area contributed by atoms with Gasteiger partial charge in [0.15, 0.2) is 0 Å². The maximum atomic E-state index is 5.81. The number of benzene rings is 2. The van der Waals surface area contributed by atoms with Crippen molar-refractivity contribution in [3.8, 4) is 22.6 Å². The lowest BCUT2D eigenvalue weighted by Crippen LogP contribution is -1.97. The predicted molar refractivity (Wildman–Crippen MR) is 102 cm³/mol. The Labute approximate surface area is 150 Å². The normalized spacial score (nSPS) is 10.6. The highest BCUT2D eigenvalue weighted by atomic mass is 35.5. The van der Waals surface area contributed by atoms with Gasteiger partial charge >= 0.3 is 0 Å². The topological polar surface area (TPSA) is 18.5 Å². The molecule has 3 heteroatoms. The Morgan fingerprint density at radius 1 is 0.750 bits per heavy atom. The summed E-state index contributed by atoms with van der Waals surface area (Å²) in [6.45, 7) is 3.46. The third-order valence-electron chi connectivity index (χ3n) is 3.88. The molecule has 0 fully saturated rings. The van der Waals surface area contributed by atoms with Gasteiger partial charge in [-0.05, 0) is 55.2 Å². The maximum Gasteiger partial charge on any atom is 0.119 e. The zero-order valence-corrected chi connectivity index (χ0v) is 15.2. The average molecular weight is 347 g/mol. The molecule has 0 amide bonds. The van der Waals surface area contributed by atoms with Gasteiger partial charge in [-0.15, -0.1) is 11.6 Å². The Morgan fingerprint density at radius 2 is 1.50 bits per heavy atom. The Bertz CT molecular complexity index is 581. The molecule has 0 atom stereocenters. The number of alkyl halides is 1. The van der Waals surface area contributed by atoms with Crippen LogP contribution in [0.15, 0.2) is 48.5 Å². The van der Waals surface area contributed by atoms with Crippen LogP contribution in [0.3, 0.4) is 0 Å². The van der Waals surface area contributed by atoms with Gasteiger partial charge in [-0.2, -0.15) is 0 Å². The summed E-state index contributed by atoms with van der Waals surface area (Å²) >= 11 is 5.67. The Balaban J connectivity index is 1.79. The lowest BCUT2D eigenvalue weighted by Gasteiger charge is -2.09. The molecule has 0 aliphatic rings. The highest BCUT2D eigenvalue weighted by Crippen LogP contribution is 2.26. The van der Waals surface area contributed by atoms with E-state index in [9.17, 15) is 0 Å². The van der Waals surface area contributed by atoms with Crippen LogP contribution in [0.2, 0.25) is 0 Å². The first-order valence-corrected chi connectivity index (χ1v) is 9.39. The summed E-state index contributed by atoms with van der Waals surface area (Å²) in [5, 5.41) is 0. The van der Waals surface area contributed by atoms with E-state index < -0.39 is 0 Å². The fraction of sp³-hybridized carbons (Fsp3) is 0.429. The Hall–Kier alpha value is -1.67. The summed E-state index contributed by atoms with van der Waals surface area (Å²) in [6, 6.07) is 16.4. The molecule has 0 bridgehead atoms. The average Bonchev–Trinajstić information content (AvgIpc) is 2.62. The van der Waals surface area contributed by atoms with Crippen molar-refractivity contribution < 1.29 is 9.47 Å². The summed E-state index contributed by atoms with van der Waals surface area (Å²) in [4.78, 5) is 0. The molecule has 2 rings (SSSR count). The van der Waals surface area contributed by atoms with Gasteiger partial charge in [-0.3, -0.25) is 0 Å². The second kappa shape index (κ2) is 11.0. The lowest BCUT2D eigenvalue weighted by molar-refractivity contribution is 0.304. The van der Waals surface area contributed by atoms with E-state index in [4.69, 9.17) is 21.1 Å². The van der Waals surface area contributed by atoms with Crippen LogP contribution in [-0.2, 0) is 0 Å². The molecule has 0 unspecified atom stereocenters. The lowest BCUT2D eigenvalue weighted by atomic mass is 10.1. The largest absolute Gasteiger partial charge is 0.494 e. The van der Waals surface area contributed by atoms with Crippen LogP contribution < -0.4 is 9.47 Å². The zero-order valence-electron chi connectivity index (χ0n) is 14.5. The van der Waals surface area contributed by atoms with Crippen LogP contribution in [0.4, 0.5) is 0 Å². The predicted octanol–water partition coefficient (Wildman–Crippen LogP) is 6.32. The molecule has 2 nitrogen and oxygen atoms in total. The third kappa shape index (κ3) is 6.45. The smallest absolute Gasteiger partial charge is 0.119 e. The van der Waals surface area contributed by atoms with Crippen molar-refractivity contribution in [1.29, 1.82) is 0 Å². The minimum Gasteiger partial charge on any atom is -0.494 e. The van der Waals surface area contributed by atoms with Crippen LogP contribution in [0.25, 0.3) is 11.1 Å². The van der Waals surface area contributed by atoms with Crippen LogP contribution >= 0.6 is 11.6 Å². The minimum atomic E-state index is 0.683. The van der Waals surface area contributed by atoms with E-state index >= 15 is 0 Å². The van der Waals surface area contributed by atoms with Crippen molar-refractivity contribution in [1.82, 2.24) is 0 Å². The first kappa shape index (κ1) is 18.7. The second-order valence-electron chi connectivity index (χ2n) is 5.79. The Kier molecular flexibility index (Phi) is 8.54. The van der Waals surface area contributed by atoms with Crippen molar-refractivity contribution in [2.24, 2.45) is 0 Å². The second-order valence-corrected chi connectivity index (χ2v) is 6.17. The van der Waals surface area contributed by atoms with Crippen molar-refractivity contribution in [3.63, 3.8) is 0 Å². The fourth-order valence-electron chi connectivity index (χ4n) is 2.59. The molecule has 0 saturated carbocycles. The van der Waals surface area contributed by atoms with Crippen LogP contribution in [0.1, 0.15) is 39.0 Å². The molecule has 0 spiro atoms. The fourth-order valence-corrected chi connectivity index (χ4v) is 2.78. The third-order valence-corrected chi connectivity index (χ3v) is 4.15. The van der Waals surface area contributed by atoms with Gasteiger partial charge < -0.3 is 9.47 Å². The van der Waals surface area contributed by atoms with Crippen molar-refractivity contribution >= 4 is 11.6 Å². The molecule has 2 aromatic carbocycles. The van der Waals surface area contributed by atoms with Gasteiger partial charge in [0, 0.05) is 5.88 Å². The van der Waals surface area contributed by atoms with Crippen LogP contribution in [-0.4, -0.2) is 19.1 Å². The van der Waals surface area contributed by atoms with E-state index in [0.29, 0.717) is 6.61 Å². The molecule has 0 aromatic heterocycles. The molecule has 0 aliphatic heterocycles. The van der Waals surface area contributed by atoms with Crippen LogP contribution in [0, 0.1) is 0 Å². The molecule has 2 aromatic rings. The van der Waals surface area contributed by atoms with E-state index in [1.165, 1.54) is 24.8 Å². The van der Waals surface area contributed by atoms with E-state index in [1.807, 2.05) is 31.2 Å². The number of hydrogen-bond acceptors (Lipinski definition) is 2. The summed E-state index contributed by atoms with van der Waals surface area (Å²) in [5.74, 6) is 2.61. The monoisotopic (exact) mass is 346 g/mol. The number of unbranched alkanes of at least 4 members (excludes halogenated alkanes) is 4. The van der Waals surface area contributed by atoms with E-state index in [0.717, 1.165) is 42.4 Å². The van der Waals surface area contributed by atoms with Crippen molar-refractivity contribution in [3.05, 3.63) is 48.5 Å². The maximum absolute atomic E-state index is 5.81. The molecule has 0 radical (unpaired) electrons. The van der Waals surface area contributed by atoms with E-state index in [-0.39, 0.29) is 0 Å². The molecule has 130 valence electrons. The van der Waals surface area contributed by atoms with Crippen molar-refractivity contribution in [2.75, 3.05) is 19.1 Å². The van der Waals surface area contributed by atoms with E-state index in [1.54, 1.807) is 0 Å². The standard InChI is InChI=1S/C21H27ClO2/c1-2-23-21-10-8-9-19(17-21)18-11-13-20(14-12-18)24-16-7-5-3-4-6-15-22/h8-14,17H,2-7,15-16H2,1H3. The number of ether oxygens (including phenoxy) is 2. The molecule has 0 N–H and O–H groups in total. The zero-order chi connectivity index (χ0) is 17.0. The van der Waals surface area contributed by atoms with Gasteiger partial charge in [-0.1, -0.05) is 43.5 Å². The molecule has 0 heterocycles. The summed E-state index contributed by atoms with van der Waals surface area (Å²) in [7, 11) is 0. The first-order valence-electron chi connectivity index (χ1n) is 8.85. The number of rotatable bonds is 11. The molecular weight excluding hydrogens is 320 g/mol. The Morgan fingerprint density at radius 3 is 2.25 bits per heavy atom. The van der Waals surface area contributed by atoms with Crippen molar-refractivity contribution in [2.45, 2.75) is 39.0 Å². The molecule has 0 saturated heterocycles. The summed E-state index contributed by atoms with van der Waals surface area (Å²) < 4.78 is 11.4. The summed E-state index contributed by atoms with van der Waals surface area (Å²) in [6.07, 6.45) is 5.89. The molecule has 24 heavy (non-hydrogen) atoms.